The molecular formula is C38H37N3O7. The van der Waals surface area contributed by atoms with Gasteiger partial charge in [-0.3, -0.25) is 24.1 Å². The molecular weight excluding hydrogens is 610 g/mol. The zero-order valence-corrected chi connectivity index (χ0v) is 26.9. The van der Waals surface area contributed by atoms with E-state index < -0.39 is 35.0 Å². The number of benzene rings is 3. The normalized spacial score (nSPS) is 29.8. The number of nitrogens with zero attached hydrogens (tertiary/aromatic N) is 3. The van der Waals surface area contributed by atoms with Crippen molar-refractivity contribution >= 4 is 40.7 Å². The van der Waals surface area contributed by atoms with Crippen molar-refractivity contribution in [2.75, 3.05) is 48.1 Å². The van der Waals surface area contributed by atoms with E-state index in [-0.39, 0.29) is 35.8 Å². The largest absolute Gasteiger partial charge is 0.508 e. The minimum Gasteiger partial charge on any atom is -0.508 e. The lowest BCUT2D eigenvalue weighted by molar-refractivity contribution is -0.131. The maximum absolute atomic E-state index is 14.6. The van der Waals surface area contributed by atoms with Crippen molar-refractivity contribution in [2.45, 2.75) is 25.7 Å². The number of hydrogen-bond acceptors (Lipinski definition) is 8. The lowest BCUT2D eigenvalue weighted by Gasteiger charge is -2.49. The second-order valence-corrected chi connectivity index (χ2v) is 13.6. The van der Waals surface area contributed by atoms with Crippen LogP contribution in [-0.2, 0) is 23.9 Å². The van der Waals surface area contributed by atoms with E-state index in [0.717, 1.165) is 24.4 Å². The van der Waals surface area contributed by atoms with Crippen molar-refractivity contribution in [1.29, 1.82) is 0 Å². The highest BCUT2D eigenvalue weighted by atomic mass is 16.5. The van der Waals surface area contributed by atoms with E-state index in [9.17, 15) is 24.3 Å². The molecule has 3 aromatic carbocycles. The van der Waals surface area contributed by atoms with Crippen LogP contribution in [0.15, 0.2) is 84.4 Å². The molecule has 4 amide bonds. The van der Waals surface area contributed by atoms with Gasteiger partial charge in [0, 0.05) is 36.3 Å². The van der Waals surface area contributed by atoms with Crippen LogP contribution in [-0.4, -0.2) is 62.1 Å². The fraction of sp³-hybridized carbons (Fsp3) is 0.368. The number of anilines is 3. The van der Waals surface area contributed by atoms with Crippen molar-refractivity contribution in [3.63, 3.8) is 0 Å². The molecule has 4 fully saturated rings. The minimum atomic E-state index is -1.20. The lowest BCUT2D eigenvalue weighted by Crippen LogP contribution is -2.49. The summed E-state index contributed by atoms with van der Waals surface area (Å²) in [5.74, 6) is -3.85. The number of fused-ring (bicyclic) bond motifs is 4. The molecule has 48 heavy (non-hydrogen) atoms. The molecule has 0 spiro atoms. The average molecular weight is 648 g/mol. The van der Waals surface area contributed by atoms with E-state index in [1.54, 1.807) is 36.4 Å². The van der Waals surface area contributed by atoms with Crippen molar-refractivity contribution in [3.05, 3.63) is 90.0 Å². The topological polar surface area (TPSA) is 117 Å². The number of phenols is 1. The maximum Gasteiger partial charge on any atom is 0.241 e. The van der Waals surface area contributed by atoms with Crippen LogP contribution in [0.3, 0.4) is 0 Å². The van der Waals surface area contributed by atoms with Gasteiger partial charge in [0.2, 0.25) is 23.6 Å². The van der Waals surface area contributed by atoms with E-state index in [1.807, 2.05) is 43.3 Å². The Hall–Kier alpha value is -4.96. The van der Waals surface area contributed by atoms with Gasteiger partial charge in [-0.05, 0) is 68.1 Å². The Labute approximate surface area is 278 Å². The number of carbonyl (C=O) groups is 4. The Balaban J connectivity index is 1.20. The summed E-state index contributed by atoms with van der Waals surface area (Å²) in [5.41, 5.74) is 2.34. The average Bonchev–Trinajstić information content (AvgIpc) is 3.48. The summed E-state index contributed by atoms with van der Waals surface area (Å²) in [6.45, 7) is 4.69. The Morgan fingerprint density at radius 1 is 0.812 bits per heavy atom. The molecule has 8 rings (SSSR count). The molecule has 10 nitrogen and oxygen atoms in total. The molecule has 2 aliphatic carbocycles. The van der Waals surface area contributed by atoms with E-state index in [1.165, 1.54) is 23.0 Å². The second-order valence-electron chi connectivity index (χ2n) is 13.6. The van der Waals surface area contributed by atoms with Crippen LogP contribution < -0.4 is 19.4 Å². The number of amides is 4. The molecule has 0 radical (unpaired) electrons. The SMILES string of the molecule is COc1cc(O)ccc1[C@H]1C2=CC[C@@H]3C(=O)N(c4ccc(N5CCOCC5)cc4)C(=O)[C@@H]3[C@@H]2C[C@H]2C(=O)N(c3ccccc3)C(=O)[C@@]12C. The standard InChI is InChI=1S/C38H37N3O7/c1-38-30(35(44)41(37(38)46)23-6-4-3-5-7-23)21-29-26(33(38)27-13-12-25(42)20-31(27)47-2)14-15-28-32(29)36(45)40(34(28)43)24-10-8-22(9-11-24)39-16-18-48-19-17-39/h3-14,20,28-30,32-33,42H,15-19,21H2,1-2H3/t28-,29+,30-,32-,33+,38+/m0/s1. The fourth-order valence-corrected chi connectivity index (χ4v) is 9.01. The third-order valence-electron chi connectivity index (χ3n) is 11.3. The van der Waals surface area contributed by atoms with Crippen LogP contribution in [0.25, 0.3) is 0 Å². The number of morpholine rings is 1. The monoisotopic (exact) mass is 647 g/mol. The van der Waals surface area contributed by atoms with Crippen molar-refractivity contribution < 1.29 is 33.8 Å². The third kappa shape index (κ3) is 4.35. The van der Waals surface area contributed by atoms with Gasteiger partial charge < -0.3 is 19.5 Å². The Morgan fingerprint density at radius 3 is 2.21 bits per heavy atom. The molecule has 246 valence electrons. The van der Waals surface area contributed by atoms with Gasteiger partial charge in [-0.2, -0.15) is 0 Å². The molecule has 0 unspecified atom stereocenters. The molecule has 10 heteroatoms. The molecule has 6 atom stereocenters. The first-order valence-electron chi connectivity index (χ1n) is 16.5. The highest BCUT2D eigenvalue weighted by Crippen LogP contribution is 2.64. The molecule has 3 aromatic rings. The Kier molecular flexibility index (Phi) is 7.17. The van der Waals surface area contributed by atoms with E-state index >= 15 is 0 Å². The highest BCUT2D eigenvalue weighted by Gasteiger charge is 2.68. The van der Waals surface area contributed by atoms with Gasteiger partial charge in [0.1, 0.15) is 11.5 Å². The van der Waals surface area contributed by atoms with Crippen LogP contribution >= 0.6 is 0 Å². The second kappa shape index (κ2) is 11.3. The predicted octanol–water partition coefficient (Wildman–Crippen LogP) is 4.67. The van der Waals surface area contributed by atoms with Gasteiger partial charge in [0.05, 0.1) is 54.9 Å². The number of para-hydroxylation sites is 1. The molecule has 0 bridgehead atoms. The lowest BCUT2D eigenvalue weighted by atomic mass is 9.51. The molecule has 3 aliphatic heterocycles. The molecule has 0 aromatic heterocycles. The number of allylic oxidation sites excluding steroid dienone is 2. The summed E-state index contributed by atoms with van der Waals surface area (Å²) < 4.78 is 11.2. The van der Waals surface area contributed by atoms with Gasteiger partial charge in [-0.25, -0.2) is 4.90 Å². The number of imide groups is 2. The number of rotatable bonds is 5. The molecule has 1 saturated carbocycles. The number of methoxy groups -OCH3 is 1. The van der Waals surface area contributed by atoms with Gasteiger partial charge in [0.25, 0.3) is 0 Å². The minimum absolute atomic E-state index is 0.00827. The zero-order valence-electron chi connectivity index (χ0n) is 26.9. The first kappa shape index (κ1) is 30.4. The number of phenolic OH excluding ortho intramolecular Hbond substituents is 1. The quantitative estimate of drug-likeness (QED) is 0.314. The van der Waals surface area contributed by atoms with Crippen molar-refractivity contribution in [3.8, 4) is 11.5 Å². The number of ether oxygens (including phenoxy) is 2. The fourth-order valence-electron chi connectivity index (χ4n) is 9.01. The van der Waals surface area contributed by atoms with E-state index in [0.29, 0.717) is 42.3 Å². The summed E-state index contributed by atoms with van der Waals surface area (Å²) >= 11 is 0. The Morgan fingerprint density at radius 2 is 1.50 bits per heavy atom. The number of hydrogen-bond donors (Lipinski definition) is 1. The molecule has 3 heterocycles. The molecule has 3 saturated heterocycles. The maximum atomic E-state index is 14.6. The first-order chi connectivity index (χ1) is 23.2. The predicted molar refractivity (Wildman–Crippen MR) is 178 cm³/mol. The van der Waals surface area contributed by atoms with Crippen LogP contribution in [0, 0.1) is 29.1 Å². The summed E-state index contributed by atoms with van der Waals surface area (Å²) in [4.78, 5) is 62.2. The van der Waals surface area contributed by atoms with Gasteiger partial charge in [-0.15, -0.1) is 0 Å². The van der Waals surface area contributed by atoms with Gasteiger partial charge >= 0.3 is 0 Å². The van der Waals surface area contributed by atoms with Crippen LogP contribution in [0.4, 0.5) is 17.1 Å². The Bertz CT molecular complexity index is 1850. The first-order valence-corrected chi connectivity index (χ1v) is 16.5. The van der Waals surface area contributed by atoms with Crippen LogP contribution in [0.5, 0.6) is 11.5 Å². The van der Waals surface area contributed by atoms with E-state index in [4.69, 9.17) is 9.47 Å². The highest BCUT2D eigenvalue weighted by molar-refractivity contribution is 6.25. The smallest absolute Gasteiger partial charge is 0.241 e. The van der Waals surface area contributed by atoms with Crippen molar-refractivity contribution in [1.82, 2.24) is 0 Å². The van der Waals surface area contributed by atoms with Crippen LogP contribution in [0.1, 0.15) is 31.2 Å². The summed E-state index contributed by atoms with van der Waals surface area (Å²) in [6, 6.07) is 21.2. The summed E-state index contributed by atoms with van der Waals surface area (Å²) in [5, 5.41) is 10.3. The molecule has 1 N–H and O–H groups in total. The number of carbonyl (C=O) groups excluding carboxylic acids is 4. The van der Waals surface area contributed by atoms with Gasteiger partial charge in [0.15, 0.2) is 0 Å². The zero-order chi connectivity index (χ0) is 33.3. The third-order valence-corrected chi connectivity index (χ3v) is 11.3. The van der Waals surface area contributed by atoms with Gasteiger partial charge in [-0.1, -0.05) is 35.9 Å². The van der Waals surface area contributed by atoms with Crippen molar-refractivity contribution in [2.24, 2.45) is 29.1 Å². The molecule has 5 aliphatic rings. The summed E-state index contributed by atoms with van der Waals surface area (Å²) in [6.07, 6.45) is 2.62. The van der Waals surface area contributed by atoms with E-state index in [2.05, 4.69) is 4.90 Å². The number of aromatic hydroxyl groups is 1. The summed E-state index contributed by atoms with van der Waals surface area (Å²) in [7, 11) is 1.50. The van der Waals surface area contributed by atoms with Crippen LogP contribution in [0.2, 0.25) is 0 Å².